The molecule has 7 heteroatoms. The number of urea groups is 1. The molecular weight excluding hydrogens is 262 g/mol. The van der Waals surface area contributed by atoms with Crippen molar-refractivity contribution >= 4 is 12.0 Å². The zero-order valence-electron chi connectivity index (χ0n) is 12.0. The standard InChI is InChI=1S/C13H19N3O4/c1-4-19-11(17)13(2,3)20-16-10-6-5-9(7-14)15(8-10)12(16)18/h9-10H,4-6,8H2,1-3H3/t9-,10?/m0/s1. The smallest absolute Gasteiger partial charge is 0.345 e. The maximum atomic E-state index is 12.2. The number of nitriles is 1. The number of hydrogen-bond acceptors (Lipinski definition) is 5. The Morgan fingerprint density at radius 1 is 1.50 bits per heavy atom. The SMILES string of the molecule is CCOC(=O)C(C)(C)ON1C(=O)N2CC1CC[C@H]2C#N. The minimum atomic E-state index is -1.23. The van der Waals surface area contributed by atoms with Crippen LogP contribution in [0.5, 0.6) is 0 Å². The highest BCUT2D eigenvalue weighted by atomic mass is 16.7. The Morgan fingerprint density at radius 2 is 2.20 bits per heavy atom. The van der Waals surface area contributed by atoms with Crippen LogP contribution in [0.3, 0.4) is 0 Å². The zero-order chi connectivity index (χ0) is 14.9. The summed E-state index contributed by atoms with van der Waals surface area (Å²) in [6, 6.07) is 1.25. The zero-order valence-corrected chi connectivity index (χ0v) is 12.0. The summed E-state index contributed by atoms with van der Waals surface area (Å²) in [5.74, 6) is -0.513. The normalized spacial score (nSPS) is 25.6. The van der Waals surface area contributed by atoms with Gasteiger partial charge in [0, 0.05) is 6.54 Å². The van der Waals surface area contributed by atoms with E-state index in [0.29, 0.717) is 19.4 Å². The Hall–Kier alpha value is -1.81. The number of ether oxygens (including phenoxy) is 1. The third-order valence-electron chi connectivity index (χ3n) is 3.57. The molecule has 0 aromatic rings. The lowest BCUT2D eigenvalue weighted by molar-refractivity contribution is -0.225. The molecule has 2 aliphatic heterocycles. The van der Waals surface area contributed by atoms with E-state index in [-0.39, 0.29) is 18.7 Å². The molecule has 7 nitrogen and oxygen atoms in total. The predicted molar refractivity (Wildman–Crippen MR) is 68.2 cm³/mol. The molecule has 0 N–H and O–H groups in total. The van der Waals surface area contributed by atoms with Crippen molar-refractivity contribution in [2.45, 2.75) is 51.3 Å². The summed E-state index contributed by atoms with van der Waals surface area (Å²) in [5, 5.41) is 10.3. The van der Waals surface area contributed by atoms with E-state index in [4.69, 9.17) is 14.8 Å². The van der Waals surface area contributed by atoms with Crippen molar-refractivity contribution in [2.24, 2.45) is 0 Å². The van der Waals surface area contributed by atoms with Gasteiger partial charge in [0.25, 0.3) is 0 Å². The van der Waals surface area contributed by atoms with Crippen LogP contribution in [0.2, 0.25) is 0 Å². The van der Waals surface area contributed by atoms with E-state index in [1.807, 2.05) is 0 Å². The molecule has 0 aromatic carbocycles. The fourth-order valence-corrected chi connectivity index (χ4v) is 2.47. The molecule has 2 heterocycles. The molecular formula is C13H19N3O4. The fourth-order valence-electron chi connectivity index (χ4n) is 2.47. The van der Waals surface area contributed by atoms with Crippen LogP contribution < -0.4 is 0 Å². The van der Waals surface area contributed by atoms with Crippen molar-refractivity contribution in [2.75, 3.05) is 13.2 Å². The van der Waals surface area contributed by atoms with Gasteiger partial charge in [-0.2, -0.15) is 10.3 Å². The molecule has 2 amide bonds. The molecule has 20 heavy (non-hydrogen) atoms. The Kier molecular flexibility index (Phi) is 3.86. The predicted octanol–water partition coefficient (Wildman–Crippen LogP) is 1.05. The number of piperidine rings is 1. The first kappa shape index (κ1) is 14.6. The molecule has 2 rings (SSSR count). The van der Waals surface area contributed by atoms with Crippen molar-refractivity contribution in [3.05, 3.63) is 0 Å². The monoisotopic (exact) mass is 281 g/mol. The molecule has 0 saturated carbocycles. The van der Waals surface area contributed by atoms with Gasteiger partial charge in [0.15, 0.2) is 5.60 Å². The van der Waals surface area contributed by atoms with Crippen LogP contribution in [-0.4, -0.2) is 52.8 Å². The van der Waals surface area contributed by atoms with E-state index in [1.165, 1.54) is 9.96 Å². The van der Waals surface area contributed by atoms with E-state index in [2.05, 4.69) is 6.07 Å². The minimum Gasteiger partial charge on any atom is -0.464 e. The largest absolute Gasteiger partial charge is 0.464 e. The number of hydrogen-bond donors (Lipinski definition) is 0. The van der Waals surface area contributed by atoms with Crippen LogP contribution in [0.1, 0.15) is 33.6 Å². The number of carbonyl (C=O) groups excluding carboxylic acids is 2. The van der Waals surface area contributed by atoms with Gasteiger partial charge >= 0.3 is 12.0 Å². The summed E-state index contributed by atoms with van der Waals surface area (Å²) in [6.45, 7) is 5.57. The number of esters is 1. The molecule has 110 valence electrons. The molecule has 2 saturated heterocycles. The van der Waals surface area contributed by atoms with Crippen molar-refractivity contribution in [3.63, 3.8) is 0 Å². The van der Waals surface area contributed by atoms with E-state index < -0.39 is 17.6 Å². The molecule has 1 unspecified atom stereocenters. The topological polar surface area (TPSA) is 82.9 Å². The number of nitrogens with zero attached hydrogens (tertiary/aromatic N) is 3. The first-order chi connectivity index (χ1) is 9.40. The quantitative estimate of drug-likeness (QED) is 0.719. The van der Waals surface area contributed by atoms with Crippen molar-refractivity contribution in [1.29, 1.82) is 5.26 Å². The molecule has 2 fully saturated rings. The third-order valence-corrected chi connectivity index (χ3v) is 3.57. The summed E-state index contributed by atoms with van der Waals surface area (Å²) in [5.41, 5.74) is -1.23. The summed E-state index contributed by atoms with van der Waals surface area (Å²) in [6.07, 6.45) is 1.33. The number of fused-ring (bicyclic) bond motifs is 2. The lowest BCUT2D eigenvalue weighted by atomic mass is 10.0. The van der Waals surface area contributed by atoms with Gasteiger partial charge in [0.05, 0.1) is 18.7 Å². The van der Waals surface area contributed by atoms with Crippen LogP contribution >= 0.6 is 0 Å². The van der Waals surface area contributed by atoms with Gasteiger partial charge in [0.1, 0.15) is 6.04 Å². The van der Waals surface area contributed by atoms with Crippen LogP contribution in [-0.2, 0) is 14.4 Å². The fraction of sp³-hybridized carbons (Fsp3) is 0.769. The van der Waals surface area contributed by atoms with E-state index in [0.717, 1.165) is 0 Å². The number of hydroxylamine groups is 2. The van der Waals surface area contributed by atoms with Gasteiger partial charge in [0.2, 0.25) is 0 Å². The second-order valence-electron chi connectivity index (χ2n) is 5.46. The van der Waals surface area contributed by atoms with Gasteiger partial charge in [-0.1, -0.05) is 0 Å². The Balaban J connectivity index is 2.09. The summed E-state index contributed by atoms with van der Waals surface area (Å²) in [4.78, 5) is 31.1. The number of amides is 2. The second-order valence-corrected chi connectivity index (χ2v) is 5.46. The van der Waals surface area contributed by atoms with Gasteiger partial charge in [-0.05, 0) is 33.6 Å². The lowest BCUT2D eigenvalue weighted by Crippen LogP contribution is -2.46. The minimum absolute atomic E-state index is 0.110. The van der Waals surface area contributed by atoms with Crippen LogP contribution in [0.25, 0.3) is 0 Å². The second kappa shape index (κ2) is 5.29. The highest BCUT2D eigenvalue weighted by molar-refractivity contribution is 5.80. The molecule has 2 aliphatic rings. The van der Waals surface area contributed by atoms with Crippen molar-refractivity contribution in [1.82, 2.24) is 9.96 Å². The average molecular weight is 281 g/mol. The highest BCUT2D eigenvalue weighted by Gasteiger charge is 2.48. The van der Waals surface area contributed by atoms with E-state index >= 15 is 0 Å². The van der Waals surface area contributed by atoms with Gasteiger partial charge in [-0.25, -0.2) is 9.59 Å². The van der Waals surface area contributed by atoms with E-state index in [1.54, 1.807) is 20.8 Å². The molecule has 2 atom stereocenters. The summed E-state index contributed by atoms with van der Waals surface area (Å²) < 4.78 is 4.94. The third kappa shape index (κ3) is 2.43. The molecule has 2 bridgehead atoms. The van der Waals surface area contributed by atoms with Gasteiger partial charge in [-0.15, -0.1) is 0 Å². The van der Waals surface area contributed by atoms with Gasteiger partial charge < -0.3 is 9.64 Å². The number of rotatable bonds is 4. The Bertz CT molecular complexity index is 457. The lowest BCUT2D eigenvalue weighted by Gasteiger charge is -2.30. The highest BCUT2D eigenvalue weighted by Crippen LogP contribution is 2.31. The van der Waals surface area contributed by atoms with E-state index in [9.17, 15) is 9.59 Å². The first-order valence-electron chi connectivity index (χ1n) is 6.76. The van der Waals surface area contributed by atoms with Crippen molar-refractivity contribution < 1.29 is 19.2 Å². The maximum absolute atomic E-state index is 12.2. The maximum Gasteiger partial charge on any atom is 0.345 e. The molecule has 0 spiro atoms. The summed E-state index contributed by atoms with van der Waals surface area (Å²) >= 11 is 0. The van der Waals surface area contributed by atoms with Crippen molar-refractivity contribution in [3.8, 4) is 6.07 Å². The van der Waals surface area contributed by atoms with Crippen LogP contribution in [0, 0.1) is 11.3 Å². The first-order valence-corrected chi connectivity index (χ1v) is 6.76. The molecule has 0 aromatic heterocycles. The van der Waals surface area contributed by atoms with Crippen LogP contribution in [0.15, 0.2) is 0 Å². The molecule has 0 radical (unpaired) electrons. The summed E-state index contributed by atoms with van der Waals surface area (Å²) in [7, 11) is 0. The van der Waals surface area contributed by atoms with Gasteiger partial charge in [-0.3, -0.25) is 4.84 Å². The van der Waals surface area contributed by atoms with Crippen LogP contribution in [0.4, 0.5) is 4.79 Å². The average Bonchev–Trinajstić information content (AvgIpc) is 2.65. The number of carbonyl (C=O) groups is 2. The molecule has 0 aliphatic carbocycles. The Morgan fingerprint density at radius 3 is 2.80 bits per heavy atom. The Labute approximate surface area is 118 Å².